The van der Waals surface area contributed by atoms with Crippen molar-refractivity contribution in [3.05, 3.63) is 65.4 Å². The number of carbonyl (C=O) groups is 2. The van der Waals surface area contributed by atoms with Gasteiger partial charge in [-0.2, -0.15) is 4.31 Å². The van der Waals surface area contributed by atoms with Crippen LogP contribution in [0, 0.1) is 11.8 Å². The molecule has 5 atom stereocenters. The lowest BCUT2D eigenvalue weighted by Crippen LogP contribution is -2.51. The van der Waals surface area contributed by atoms with Crippen LogP contribution in [0.4, 0.5) is 10.5 Å². The van der Waals surface area contributed by atoms with Crippen molar-refractivity contribution in [2.45, 2.75) is 89.4 Å². The lowest BCUT2D eigenvalue weighted by molar-refractivity contribution is -0.110. The minimum absolute atomic E-state index is 0.00629. The molecule has 2 amide bonds. The average Bonchev–Trinajstić information content (AvgIpc) is 3.70. The zero-order chi connectivity index (χ0) is 34.8. The van der Waals surface area contributed by atoms with E-state index in [1.807, 2.05) is 65.0 Å². The maximum Gasteiger partial charge on any atom is 0.407 e. The summed E-state index contributed by atoms with van der Waals surface area (Å²) < 4.78 is 46.6. The maximum absolute atomic E-state index is 14.3. The number of amides is 2. The van der Waals surface area contributed by atoms with Crippen LogP contribution in [0.2, 0.25) is 0 Å². The van der Waals surface area contributed by atoms with Gasteiger partial charge in [0.25, 0.3) is 5.91 Å². The van der Waals surface area contributed by atoms with Crippen LogP contribution < -0.4 is 16.0 Å². The molecule has 2 aromatic rings. The van der Waals surface area contributed by atoms with Crippen molar-refractivity contribution in [2.24, 2.45) is 11.8 Å². The minimum atomic E-state index is -4.16. The standard InChI is InChI=1S/C35H48N4O8S/c1-21(2)18-39(48(43,44)24-12-13-27-26(17-24)31(32(41)36-27)22(3)38-35(4,5)6)19-29(40)28(16-23-10-8-7-9-11-23)37-34(42)47-30-20-46-33-25(30)14-15-45-33/h7-13,17,21,25,28-30,33,38,40H,14-16,18-20H2,1-6H3,(H,36,41)(H,37,42). The summed E-state index contributed by atoms with van der Waals surface area (Å²) in [6, 6.07) is 13.0. The number of sulfonamides is 1. The highest BCUT2D eigenvalue weighted by Crippen LogP contribution is 2.36. The first-order valence-corrected chi connectivity index (χ1v) is 17.9. The van der Waals surface area contributed by atoms with Crippen molar-refractivity contribution in [2.75, 3.05) is 31.6 Å². The van der Waals surface area contributed by atoms with E-state index in [0.717, 1.165) is 12.0 Å². The van der Waals surface area contributed by atoms with Gasteiger partial charge in [-0.1, -0.05) is 44.2 Å². The van der Waals surface area contributed by atoms with Crippen LogP contribution >= 0.6 is 0 Å². The summed E-state index contributed by atoms with van der Waals surface area (Å²) >= 11 is 0. The quantitative estimate of drug-likeness (QED) is 0.244. The molecule has 3 aliphatic heterocycles. The Morgan fingerprint density at radius 2 is 1.85 bits per heavy atom. The Kier molecular flexibility index (Phi) is 10.9. The van der Waals surface area contributed by atoms with Crippen molar-refractivity contribution in [3.63, 3.8) is 0 Å². The zero-order valence-electron chi connectivity index (χ0n) is 28.5. The van der Waals surface area contributed by atoms with Gasteiger partial charge in [0.1, 0.15) is 6.10 Å². The first-order chi connectivity index (χ1) is 22.6. The number of nitrogens with zero attached hydrogens (tertiary/aromatic N) is 1. The lowest BCUT2D eigenvalue weighted by atomic mass is 10.0. The van der Waals surface area contributed by atoms with Gasteiger partial charge in [0.15, 0.2) is 6.29 Å². The van der Waals surface area contributed by atoms with Crippen LogP contribution in [0.1, 0.15) is 59.1 Å². The molecule has 2 saturated heterocycles. The third-order valence-corrected chi connectivity index (χ3v) is 10.4. The van der Waals surface area contributed by atoms with E-state index >= 15 is 0 Å². The second-order valence-corrected chi connectivity index (χ2v) is 16.2. The highest BCUT2D eigenvalue weighted by molar-refractivity contribution is 7.89. The number of benzene rings is 2. The van der Waals surface area contributed by atoms with Gasteiger partial charge in [0.2, 0.25) is 10.0 Å². The minimum Gasteiger partial charge on any atom is -0.443 e. The molecule has 48 heavy (non-hydrogen) atoms. The number of hydrogen-bond donors (Lipinski definition) is 4. The molecule has 13 heteroatoms. The zero-order valence-corrected chi connectivity index (χ0v) is 29.3. The molecule has 0 saturated carbocycles. The molecular weight excluding hydrogens is 636 g/mol. The van der Waals surface area contributed by atoms with Gasteiger partial charge < -0.3 is 35.3 Å². The van der Waals surface area contributed by atoms with E-state index in [1.165, 1.54) is 16.4 Å². The topological polar surface area (TPSA) is 156 Å². The lowest BCUT2D eigenvalue weighted by Gasteiger charge is -2.31. The van der Waals surface area contributed by atoms with Crippen molar-refractivity contribution in [1.29, 1.82) is 0 Å². The number of alkyl carbamates (subject to hydrolysis) is 1. The van der Waals surface area contributed by atoms with Gasteiger partial charge in [0, 0.05) is 35.6 Å². The number of rotatable bonds is 12. The number of aliphatic hydroxyl groups excluding tert-OH is 1. The largest absolute Gasteiger partial charge is 0.443 e. The Morgan fingerprint density at radius 3 is 2.54 bits per heavy atom. The average molecular weight is 685 g/mol. The van der Waals surface area contributed by atoms with E-state index in [1.54, 1.807) is 13.0 Å². The number of nitrogens with one attached hydrogen (secondary N) is 3. The molecule has 2 aromatic carbocycles. The van der Waals surface area contributed by atoms with Gasteiger partial charge >= 0.3 is 6.09 Å². The molecule has 0 aliphatic carbocycles. The van der Waals surface area contributed by atoms with Crippen molar-refractivity contribution < 1.29 is 37.3 Å². The van der Waals surface area contributed by atoms with Gasteiger partial charge in [-0.15, -0.1) is 0 Å². The van der Waals surface area contributed by atoms with Gasteiger partial charge in [0.05, 0.1) is 41.7 Å². The van der Waals surface area contributed by atoms with Crippen LogP contribution in [0.25, 0.3) is 5.57 Å². The second kappa shape index (κ2) is 14.6. The van der Waals surface area contributed by atoms with Crippen LogP contribution in [-0.4, -0.2) is 86.2 Å². The molecule has 0 spiro atoms. The smallest absolute Gasteiger partial charge is 0.407 e. The Labute approximate surface area is 283 Å². The fourth-order valence-electron chi connectivity index (χ4n) is 6.49. The SMILES string of the molecule is CC(NC(C)(C)C)=C1C(=O)Nc2ccc(S(=O)(=O)N(CC(C)C)CC(O)C(Cc3ccccc3)NC(=O)OC3COC4OCCC34)cc21. The normalized spacial score (nSPS) is 23.0. The summed E-state index contributed by atoms with van der Waals surface area (Å²) in [4.78, 5) is 26.1. The summed E-state index contributed by atoms with van der Waals surface area (Å²) in [5.74, 6) is -0.445. The fourth-order valence-corrected chi connectivity index (χ4v) is 8.14. The van der Waals surface area contributed by atoms with Crippen molar-refractivity contribution in [3.8, 4) is 0 Å². The van der Waals surface area contributed by atoms with Gasteiger partial charge in [-0.25, -0.2) is 13.2 Å². The Hall–Kier alpha value is -3.49. The van der Waals surface area contributed by atoms with E-state index in [4.69, 9.17) is 14.2 Å². The van der Waals surface area contributed by atoms with E-state index in [9.17, 15) is 23.1 Å². The molecule has 5 unspecified atom stereocenters. The number of hydrogen-bond acceptors (Lipinski definition) is 9. The first kappa shape index (κ1) is 35.8. The third kappa shape index (κ3) is 8.38. The molecule has 3 heterocycles. The highest BCUT2D eigenvalue weighted by Gasteiger charge is 2.44. The molecular formula is C35H48N4O8S. The molecule has 0 aromatic heterocycles. The summed E-state index contributed by atoms with van der Waals surface area (Å²) in [6.07, 6.45) is -1.92. The van der Waals surface area contributed by atoms with E-state index in [2.05, 4.69) is 16.0 Å². The number of ether oxygens (including phenoxy) is 3. The predicted molar refractivity (Wildman–Crippen MR) is 181 cm³/mol. The molecule has 262 valence electrons. The van der Waals surface area contributed by atoms with Crippen LogP contribution in [0.15, 0.2) is 59.1 Å². The third-order valence-electron chi connectivity index (χ3n) is 8.58. The summed E-state index contributed by atoms with van der Waals surface area (Å²) in [5, 5.41) is 20.6. The van der Waals surface area contributed by atoms with Crippen LogP contribution in [0.3, 0.4) is 0 Å². The molecule has 0 radical (unpaired) electrons. The Morgan fingerprint density at radius 1 is 1.12 bits per heavy atom. The summed E-state index contributed by atoms with van der Waals surface area (Å²) in [7, 11) is -4.16. The summed E-state index contributed by atoms with van der Waals surface area (Å²) in [6.45, 7) is 12.1. The van der Waals surface area contributed by atoms with E-state index < -0.39 is 34.4 Å². The molecule has 2 fully saturated rings. The van der Waals surface area contributed by atoms with Gasteiger partial charge in [-0.3, -0.25) is 4.79 Å². The number of aliphatic hydroxyl groups is 1. The number of carbonyl (C=O) groups excluding carboxylic acids is 2. The van der Waals surface area contributed by atoms with Crippen LogP contribution in [-0.2, 0) is 35.4 Å². The number of anilines is 1. The fraction of sp³-hybridized carbons (Fsp3) is 0.543. The van der Waals surface area contributed by atoms with E-state index in [-0.39, 0.29) is 60.6 Å². The molecule has 3 aliphatic rings. The summed E-state index contributed by atoms with van der Waals surface area (Å²) in [5.41, 5.74) is 2.54. The van der Waals surface area contributed by atoms with Crippen molar-refractivity contribution >= 4 is 33.3 Å². The second-order valence-electron chi connectivity index (χ2n) is 14.2. The molecule has 4 N–H and O–H groups in total. The van der Waals surface area contributed by atoms with Crippen LogP contribution in [0.5, 0.6) is 0 Å². The van der Waals surface area contributed by atoms with E-state index in [0.29, 0.717) is 29.1 Å². The Bertz CT molecular complexity index is 1620. The molecule has 0 bridgehead atoms. The molecule has 12 nitrogen and oxygen atoms in total. The van der Waals surface area contributed by atoms with Gasteiger partial charge in [-0.05, 0) is 70.2 Å². The maximum atomic E-state index is 14.3. The highest BCUT2D eigenvalue weighted by atomic mass is 32.2. The number of fused-ring (bicyclic) bond motifs is 2. The Balaban J connectivity index is 1.39. The molecule has 5 rings (SSSR count). The monoisotopic (exact) mass is 684 g/mol. The van der Waals surface area contributed by atoms with Crippen molar-refractivity contribution in [1.82, 2.24) is 14.9 Å². The first-order valence-electron chi connectivity index (χ1n) is 16.5. The predicted octanol–water partition coefficient (Wildman–Crippen LogP) is 3.86. The number of allylic oxidation sites excluding steroid dienone is 1.